The molecule has 1 aliphatic rings. The number of hydrogen-bond acceptors (Lipinski definition) is 4. The number of guanidine groups is 1. The molecule has 142 valence electrons. The van der Waals surface area contributed by atoms with E-state index in [-0.39, 0.29) is 37.8 Å². The number of halogens is 3. The minimum atomic E-state index is -4.78. The summed E-state index contributed by atoms with van der Waals surface area (Å²) in [6.07, 6.45) is -4.78. The Hall–Kier alpha value is -2.98. The first-order valence-electron chi connectivity index (χ1n) is 7.66. The number of urea groups is 1. The minimum Gasteiger partial charge on any atom is -0.405 e. The van der Waals surface area contributed by atoms with Gasteiger partial charge in [0.2, 0.25) is 5.91 Å². The zero-order valence-electron chi connectivity index (χ0n) is 13.9. The number of nitrogens with one attached hydrogen (secondary N) is 3. The number of hydrogen-bond donors (Lipinski definition) is 3. The van der Waals surface area contributed by atoms with Crippen molar-refractivity contribution in [3.05, 3.63) is 29.8 Å². The molecule has 3 N–H and O–H groups in total. The van der Waals surface area contributed by atoms with Crippen LogP contribution < -0.4 is 20.7 Å². The van der Waals surface area contributed by atoms with Crippen LogP contribution in [0.4, 0.5) is 18.0 Å². The van der Waals surface area contributed by atoms with Gasteiger partial charge in [-0.05, 0) is 6.07 Å². The maximum Gasteiger partial charge on any atom is 0.573 e. The number of alkyl halides is 3. The second-order valence-electron chi connectivity index (χ2n) is 5.21. The maximum absolute atomic E-state index is 12.4. The lowest BCUT2D eigenvalue weighted by Crippen LogP contribution is -2.43. The molecule has 1 saturated heterocycles. The first-order chi connectivity index (χ1) is 12.3. The summed E-state index contributed by atoms with van der Waals surface area (Å²) in [7, 11) is 1.49. The molecule has 1 aliphatic heterocycles. The number of aliphatic imine (C=N–C) groups is 1. The molecular formula is C15H18F3N5O3. The van der Waals surface area contributed by atoms with Crippen LogP contribution in [0.2, 0.25) is 0 Å². The van der Waals surface area contributed by atoms with Crippen molar-refractivity contribution in [3.63, 3.8) is 0 Å². The van der Waals surface area contributed by atoms with Crippen molar-refractivity contribution in [1.29, 1.82) is 0 Å². The minimum absolute atomic E-state index is 0.0260. The smallest absolute Gasteiger partial charge is 0.405 e. The van der Waals surface area contributed by atoms with Gasteiger partial charge in [0, 0.05) is 32.2 Å². The van der Waals surface area contributed by atoms with E-state index in [1.807, 2.05) is 0 Å². The normalized spacial score (nSPS) is 15.1. The molecular weight excluding hydrogens is 355 g/mol. The molecule has 0 saturated carbocycles. The topological polar surface area (TPSA) is 95.1 Å². The van der Waals surface area contributed by atoms with Crippen molar-refractivity contribution in [2.45, 2.75) is 12.9 Å². The van der Waals surface area contributed by atoms with Crippen LogP contribution in [0.25, 0.3) is 0 Å². The highest BCUT2D eigenvalue weighted by Crippen LogP contribution is 2.25. The van der Waals surface area contributed by atoms with Crippen LogP contribution >= 0.6 is 0 Å². The van der Waals surface area contributed by atoms with Gasteiger partial charge in [0.25, 0.3) is 0 Å². The molecule has 8 nitrogen and oxygen atoms in total. The number of carbonyl (C=O) groups excluding carboxylic acids is 2. The van der Waals surface area contributed by atoms with E-state index in [4.69, 9.17) is 0 Å². The second-order valence-corrected chi connectivity index (χ2v) is 5.21. The quantitative estimate of drug-likeness (QED) is 0.390. The number of imide groups is 1. The lowest BCUT2D eigenvalue weighted by molar-refractivity contribution is -0.274. The summed E-state index contributed by atoms with van der Waals surface area (Å²) in [5, 5.41) is 8.13. The van der Waals surface area contributed by atoms with Gasteiger partial charge in [0.05, 0.1) is 6.54 Å². The standard InChI is InChI=1S/C15H18F3N5O3/c1-19-13(20-6-7-23-12(24)9-22-14(23)25)21-8-10-4-2-3-5-11(10)26-15(16,17)18/h2-5H,6-9H2,1H3,(H,22,25)(H2,19,20,21). The van der Waals surface area contributed by atoms with Crippen molar-refractivity contribution in [1.82, 2.24) is 20.9 Å². The average molecular weight is 373 g/mol. The van der Waals surface area contributed by atoms with E-state index in [9.17, 15) is 22.8 Å². The van der Waals surface area contributed by atoms with Crippen molar-refractivity contribution >= 4 is 17.9 Å². The van der Waals surface area contributed by atoms with Crippen LogP contribution in [0.15, 0.2) is 29.3 Å². The molecule has 2 rings (SSSR count). The van der Waals surface area contributed by atoms with Gasteiger partial charge in [-0.2, -0.15) is 0 Å². The largest absolute Gasteiger partial charge is 0.573 e. The van der Waals surface area contributed by atoms with E-state index in [1.54, 1.807) is 6.07 Å². The van der Waals surface area contributed by atoms with E-state index < -0.39 is 12.4 Å². The van der Waals surface area contributed by atoms with Gasteiger partial charge in [-0.3, -0.25) is 14.7 Å². The molecule has 0 aliphatic carbocycles. The summed E-state index contributed by atoms with van der Waals surface area (Å²) >= 11 is 0. The van der Waals surface area contributed by atoms with Crippen LogP contribution in [0.1, 0.15) is 5.56 Å². The average Bonchev–Trinajstić information content (AvgIpc) is 2.89. The Balaban J connectivity index is 1.86. The Morgan fingerprint density at radius 1 is 1.31 bits per heavy atom. The summed E-state index contributed by atoms with van der Waals surface area (Å²) in [5.41, 5.74) is 0.293. The second kappa shape index (κ2) is 8.41. The third-order valence-electron chi connectivity index (χ3n) is 3.43. The predicted molar refractivity (Wildman–Crippen MR) is 86.4 cm³/mol. The Kier molecular flexibility index (Phi) is 6.26. The summed E-state index contributed by atoms with van der Waals surface area (Å²) in [4.78, 5) is 27.9. The van der Waals surface area contributed by atoms with Gasteiger partial charge < -0.3 is 20.7 Å². The zero-order chi connectivity index (χ0) is 19.2. The van der Waals surface area contributed by atoms with E-state index >= 15 is 0 Å². The summed E-state index contributed by atoms with van der Waals surface area (Å²) in [6.45, 7) is 0.384. The van der Waals surface area contributed by atoms with Crippen molar-refractivity contribution in [2.24, 2.45) is 4.99 Å². The van der Waals surface area contributed by atoms with Crippen LogP contribution in [-0.2, 0) is 11.3 Å². The molecule has 1 fully saturated rings. The molecule has 1 aromatic carbocycles. The van der Waals surface area contributed by atoms with Gasteiger partial charge >= 0.3 is 12.4 Å². The predicted octanol–water partition coefficient (Wildman–Crippen LogP) is 0.802. The summed E-state index contributed by atoms with van der Waals surface area (Å²) < 4.78 is 41.2. The fourth-order valence-electron chi connectivity index (χ4n) is 2.24. The number of amides is 3. The number of nitrogens with zero attached hydrogens (tertiary/aromatic N) is 2. The van der Waals surface area contributed by atoms with Crippen LogP contribution in [0.3, 0.4) is 0 Å². The monoisotopic (exact) mass is 373 g/mol. The number of carbonyl (C=O) groups is 2. The summed E-state index contributed by atoms with van der Waals surface area (Å²) in [5.74, 6) is -0.320. The molecule has 0 atom stereocenters. The number of benzene rings is 1. The highest BCUT2D eigenvalue weighted by atomic mass is 19.4. The van der Waals surface area contributed by atoms with E-state index in [2.05, 4.69) is 25.7 Å². The highest BCUT2D eigenvalue weighted by molar-refractivity contribution is 6.01. The van der Waals surface area contributed by atoms with E-state index in [0.717, 1.165) is 4.90 Å². The van der Waals surface area contributed by atoms with E-state index in [1.165, 1.54) is 25.2 Å². The molecule has 3 amide bonds. The number of ether oxygens (including phenoxy) is 1. The summed E-state index contributed by atoms with van der Waals surface area (Å²) in [6, 6.07) is 5.29. The number of rotatable bonds is 6. The lowest BCUT2D eigenvalue weighted by Gasteiger charge is -2.17. The SMILES string of the molecule is CN=C(NCCN1C(=O)CNC1=O)NCc1ccccc1OC(F)(F)F. The maximum atomic E-state index is 12.4. The van der Waals surface area contributed by atoms with E-state index in [0.29, 0.717) is 11.5 Å². The Labute approximate surface area is 147 Å². The van der Waals surface area contributed by atoms with Crippen LogP contribution in [-0.4, -0.2) is 55.8 Å². The van der Waals surface area contributed by atoms with Gasteiger partial charge in [-0.15, -0.1) is 13.2 Å². The Morgan fingerprint density at radius 2 is 2.04 bits per heavy atom. The first kappa shape index (κ1) is 19.3. The first-order valence-corrected chi connectivity index (χ1v) is 7.66. The fraction of sp³-hybridized carbons (Fsp3) is 0.400. The van der Waals surface area contributed by atoms with Crippen molar-refractivity contribution in [3.8, 4) is 5.75 Å². The molecule has 26 heavy (non-hydrogen) atoms. The Morgan fingerprint density at radius 3 is 2.65 bits per heavy atom. The molecule has 11 heteroatoms. The molecule has 1 heterocycles. The number of para-hydroxylation sites is 1. The molecule has 0 bridgehead atoms. The molecule has 0 unspecified atom stereocenters. The lowest BCUT2D eigenvalue weighted by atomic mass is 10.2. The van der Waals surface area contributed by atoms with Crippen molar-refractivity contribution in [2.75, 3.05) is 26.7 Å². The molecule has 0 radical (unpaired) electrons. The highest BCUT2D eigenvalue weighted by Gasteiger charge is 2.32. The van der Waals surface area contributed by atoms with Crippen LogP contribution in [0.5, 0.6) is 5.75 Å². The van der Waals surface area contributed by atoms with Gasteiger partial charge in [-0.25, -0.2) is 4.79 Å². The third-order valence-corrected chi connectivity index (χ3v) is 3.43. The molecule has 0 spiro atoms. The van der Waals surface area contributed by atoms with Crippen LogP contribution in [0, 0.1) is 0 Å². The fourth-order valence-corrected chi connectivity index (χ4v) is 2.24. The molecule has 0 aromatic heterocycles. The van der Waals surface area contributed by atoms with Crippen molar-refractivity contribution < 1.29 is 27.5 Å². The van der Waals surface area contributed by atoms with Gasteiger partial charge in [-0.1, -0.05) is 18.2 Å². The zero-order valence-corrected chi connectivity index (χ0v) is 13.9. The van der Waals surface area contributed by atoms with Gasteiger partial charge in [0.15, 0.2) is 5.96 Å². The third kappa shape index (κ3) is 5.53. The Bertz CT molecular complexity index is 677. The molecule has 1 aromatic rings. The van der Waals surface area contributed by atoms with Gasteiger partial charge in [0.1, 0.15) is 5.75 Å².